The highest BCUT2D eigenvalue weighted by atomic mass is 33.1. The summed E-state index contributed by atoms with van der Waals surface area (Å²) in [6.07, 6.45) is 12.6. The van der Waals surface area contributed by atoms with Crippen LogP contribution in [0.1, 0.15) is 79.6 Å². The maximum Gasteiger partial charge on any atom is 0.312 e. The first-order valence-electron chi connectivity index (χ1n) is 21.5. The number of ether oxygens (including phenoxy) is 3. The molecule has 0 bridgehead atoms. The highest BCUT2D eigenvalue weighted by Crippen LogP contribution is 2.40. The Kier molecular flexibility index (Phi) is 24.0. The van der Waals surface area contributed by atoms with Crippen LogP contribution in [-0.2, 0) is 33.4 Å². The van der Waals surface area contributed by atoms with Gasteiger partial charge in [-0.15, -0.1) is 6.42 Å². The molecule has 0 aromatic rings. The normalized spacial score (nSPS) is 26.9. The fourth-order valence-electron chi connectivity index (χ4n) is 7.40. The van der Waals surface area contributed by atoms with Crippen LogP contribution in [0, 0.1) is 30.1 Å². The Balaban J connectivity index is 1.69. The molecule has 9 N–H and O–H groups in total. The summed E-state index contributed by atoms with van der Waals surface area (Å²) in [6, 6.07) is -1.96. The van der Waals surface area contributed by atoms with Crippen LogP contribution in [0.2, 0.25) is 0 Å². The second kappa shape index (κ2) is 28.0. The summed E-state index contributed by atoms with van der Waals surface area (Å²) < 4.78 is 18.7. The van der Waals surface area contributed by atoms with Crippen LogP contribution in [-0.4, -0.2) is 134 Å². The number of aliphatic hydroxyl groups is 1. The van der Waals surface area contributed by atoms with Gasteiger partial charge in [-0.1, -0.05) is 52.3 Å². The molecule has 2 saturated heterocycles. The van der Waals surface area contributed by atoms with E-state index in [2.05, 4.69) is 76.0 Å². The molecule has 3 rings (SSSR count). The Bertz CT molecular complexity index is 1720. The van der Waals surface area contributed by atoms with Crippen molar-refractivity contribution in [1.29, 1.82) is 0 Å². The number of Topliss-reactive ketones (excluding diaryl/α,β-unsaturated/α-hetero) is 1. The summed E-state index contributed by atoms with van der Waals surface area (Å²) in [5, 5.41) is 25.8. The van der Waals surface area contributed by atoms with Crippen molar-refractivity contribution in [2.45, 2.75) is 139 Å². The van der Waals surface area contributed by atoms with Crippen molar-refractivity contribution in [1.82, 2.24) is 32.1 Å². The van der Waals surface area contributed by atoms with Crippen LogP contribution in [0.15, 0.2) is 35.1 Å². The minimum atomic E-state index is -0.913. The number of amides is 4. The van der Waals surface area contributed by atoms with E-state index in [0.717, 1.165) is 18.4 Å². The lowest BCUT2D eigenvalue weighted by atomic mass is 9.79. The number of hydrogen-bond donors (Lipinski definition) is 8. The van der Waals surface area contributed by atoms with Crippen LogP contribution in [0.25, 0.3) is 0 Å². The van der Waals surface area contributed by atoms with Gasteiger partial charge in [-0.3, -0.25) is 19.2 Å². The number of nitrogens with one attached hydrogen (secondary N) is 6. The Hall–Kier alpha value is -3.21. The maximum absolute atomic E-state index is 13.5. The quantitative estimate of drug-likeness (QED) is 0.0319. The molecule has 63 heavy (non-hydrogen) atoms. The molecule has 3 aliphatic rings. The van der Waals surface area contributed by atoms with Crippen LogP contribution in [0.3, 0.4) is 0 Å². The van der Waals surface area contributed by atoms with E-state index in [1.807, 2.05) is 20.8 Å². The fraction of sp³-hybridized carbons (Fsp3) is 0.682. The van der Waals surface area contributed by atoms with Crippen LogP contribution in [0.5, 0.6) is 0 Å². The summed E-state index contributed by atoms with van der Waals surface area (Å²) in [5.74, 6) is 8.35. The minimum absolute atomic E-state index is 0.0418. The number of allylic oxidation sites excluding steroid dienone is 3. The molecule has 2 aliphatic heterocycles. The first kappa shape index (κ1) is 54.1. The number of nitrogens with two attached hydrogens (primary N) is 1. The van der Waals surface area contributed by atoms with Crippen molar-refractivity contribution in [2.24, 2.45) is 11.7 Å². The van der Waals surface area contributed by atoms with Crippen molar-refractivity contribution < 1.29 is 43.3 Å². The van der Waals surface area contributed by atoms with Gasteiger partial charge in [-0.2, -0.15) is 17.2 Å². The van der Waals surface area contributed by atoms with Gasteiger partial charge in [0, 0.05) is 60.7 Å². The molecule has 2 heterocycles. The van der Waals surface area contributed by atoms with E-state index in [-0.39, 0.29) is 53.9 Å². The lowest BCUT2D eigenvalue weighted by molar-refractivity contribution is -0.266. The van der Waals surface area contributed by atoms with Gasteiger partial charge in [0.25, 0.3) is 0 Å². The highest BCUT2D eigenvalue weighted by Gasteiger charge is 2.41. The molecule has 16 nitrogen and oxygen atoms in total. The van der Waals surface area contributed by atoms with Crippen molar-refractivity contribution in [3.63, 3.8) is 0 Å². The zero-order valence-electron chi connectivity index (χ0n) is 37.9. The van der Waals surface area contributed by atoms with Crippen molar-refractivity contribution in [3.05, 3.63) is 35.1 Å². The largest absolute Gasteiger partial charge is 0.391 e. The molecule has 0 aromatic carbocycles. The maximum atomic E-state index is 13.5. The van der Waals surface area contributed by atoms with E-state index >= 15 is 0 Å². The number of terminal acetylenes is 1. The van der Waals surface area contributed by atoms with Crippen LogP contribution in [0.4, 0.5) is 4.79 Å². The van der Waals surface area contributed by atoms with Gasteiger partial charge in [-0.25, -0.2) is 4.79 Å². The number of urea groups is 1. The van der Waals surface area contributed by atoms with Gasteiger partial charge in [0.15, 0.2) is 18.4 Å². The molecule has 352 valence electrons. The number of ketones is 1. The number of likely N-dealkylation sites (N-methyl/N-ethyl adjacent to an activating group) is 2. The van der Waals surface area contributed by atoms with Gasteiger partial charge in [0.05, 0.1) is 36.6 Å². The number of hydrogen-bond acceptors (Lipinski definition) is 15. The fourth-order valence-corrected chi connectivity index (χ4v) is 10.7. The molecule has 10 atom stereocenters. The number of carbonyl (C=O) groups is 4. The van der Waals surface area contributed by atoms with Crippen molar-refractivity contribution in [3.8, 4) is 24.2 Å². The molecule has 0 radical (unpaired) electrons. The molecular weight excluding hydrogens is 867 g/mol. The van der Waals surface area contributed by atoms with E-state index in [1.165, 1.54) is 6.08 Å². The van der Waals surface area contributed by atoms with E-state index in [1.54, 1.807) is 53.5 Å². The Morgan fingerprint density at radius 2 is 1.83 bits per heavy atom. The van der Waals surface area contributed by atoms with E-state index in [9.17, 15) is 24.3 Å². The second-order valence-electron chi connectivity index (χ2n) is 16.2. The van der Waals surface area contributed by atoms with Gasteiger partial charge in [0.2, 0.25) is 11.8 Å². The third kappa shape index (κ3) is 18.3. The Labute approximate surface area is 386 Å². The van der Waals surface area contributed by atoms with E-state index in [0.29, 0.717) is 54.5 Å². The standard InChI is InChI=1S/C44H69N7O9S3/c1-10-11-12-13-16-34(59-38-25-33(53)40(29(4)58-38)51-60-37-18-17-35(61-9)28(3)57-37)39-30(27(2)24-32(52)41(39)47-8)19-23-62-63-44(5,6)20-22-48-42(55)31(50-36(54)26-46-7)15-14-21-49-43(45)56/h1,11-12,19,27-29,31,33-35,37-38,40,46-47,51,53H,14-15,17-18,20-26H2,2-9H3,(H,48,55)(H,50,54)(H3,45,49,56)/b12-11-,30-19-/t27?,28?,29?,31?,33?,34-,35-,37?,38?,40+/m0/s1. The lowest BCUT2D eigenvalue weighted by Crippen LogP contribution is -2.56. The summed E-state index contributed by atoms with van der Waals surface area (Å²) in [7, 11) is 6.67. The molecule has 4 amide bonds. The molecular formula is C44H69N7O9S3. The zero-order valence-corrected chi connectivity index (χ0v) is 40.3. The first-order valence-corrected chi connectivity index (χ1v) is 25.1. The minimum Gasteiger partial charge on any atom is -0.391 e. The predicted molar refractivity (Wildman–Crippen MR) is 252 cm³/mol. The molecule has 0 spiro atoms. The van der Waals surface area contributed by atoms with Gasteiger partial charge >= 0.3 is 6.03 Å². The van der Waals surface area contributed by atoms with Crippen LogP contribution < -0.4 is 37.8 Å². The summed E-state index contributed by atoms with van der Waals surface area (Å²) >= 11 is 1.78. The zero-order chi connectivity index (χ0) is 46.5. The molecule has 19 heteroatoms. The van der Waals surface area contributed by atoms with Crippen molar-refractivity contribution >= 4 is 57.0 Å². The third-order valence-corrected chi connectivity index (χ3v) is 15.2. The van der Waals surface area contributed by atoms with Gasteiger partial charge in [0.1, 0.15) is 12.1 Å². The van der Waals surface area contributed by atoms with Gasteiger partial charge in [-0.05, 0) is 90.3 Å². The second-order valence-corrected chi connectivity index (χ2v) is 20.4. The average Bonchev–Trinajstić information content (AvgIpc) is 3.21. The topological polar surface area (TPSA) is 224 Å². The summed E-state index contributed by atoms with van der Waals surface area (Å²) in [4.78, 5) is 55.9. The number of aliphatic hydroxyl groups excluding tert-OH is 1. The Morgan fingerprint density at radius 1 is 1.08 bits per heavy atom. The number of thioether (sulfide) groups is 1. The Morgan fingerprint density at radius 3 is 2.48 bits per heavy atom. The number of carbonyl (C=O) groups excluding carboxylic acids is 4. The third-order valence-electron chi connectivity index (χ3n) is 10.7. The number of rotatable bonds is 23. The predicted octanol–water partition coefficient (Wildman–Crippen LogP) is 3.03. The first-order chi connectivity index (χ1) is 30.0. The molecule has 2 fully saturated rings. The smallest absolute Gasteiger partial charge is 0.312 e. The number of hydroxylamine groups is 1. The summed E-state index contributed by atoms with van der Waals surface area (Å²) in [5.41, 5.74) is 10.1. The van der Waals surface area contributed by atoms with E-state index < -0.39 is 49.0 Å². The highest BCUT2D eigenvalue weighted by molar-refractivity contribution is 8.77. The molecule has 0 saturated carbocycles. The van der Waals surface area contributed by atoms with Crippen molar-refractivity contribution in [2.75, 3.05) is 45.7 Å². The lowest BCUT2D eigenvalue weighted by Gasteiger charge is -2.41. The van der Waals surface area contributed by atoms with Crippen LogP contribution >= 0.6 is 33.3 Å². The summed E-state index contributed by atoms with van der Waals surface area (Å²) in [6.45, 7) is 10.8. The molecule has 1 aliphatic carbocycles. The molecule has 7 unspecified atom stereocenters. The monoisotopic (exact) mass is 935 g/mol. The number of primary amides is 1. The van der Waals surface area contributed by atoms with Gasteiger partial charge < -0.3 is 51.6 Å². The SMILES string of the molecule is C#C/C=C\C#C[C@H](OC1CC(O)[C@H](NOC2CC[C@H](SC)C(C)O2)C(C)O1)C1=C(NC)C(=O)CC(C)/C1=C/CSSC(C)(C)CCNC(=O)C(CCCNC(N)=O)NC(=O)CNC. The average molecular weight is 936 g/mol. The molecule has 0 aromatic heterocycles. The van der Waals surface area contributed by atoms with E-state index in [4.69, 9.17) is 31.2 Å².